The Kier molecular flexibility index (Phi) is 7.76. The second-order valence-corrected chi connectivity index (χ2v) is 7.29. The Hall–Kier alpha value is -2.96. The molecule has 0 spiro atoms. The lowest BCUT2D eigenvalue weighted by Gasteiger charge is -2.31. The summed E-state index contributed by atoms with van der Waals surface area (Å²) in [5, 5.41) is 3.02. The predicted octanol–water partition coefficient (Wildman–Crippen LogP) is 3.29. The van der Waals surface area contributed by atoms with Crippen LogP contribution in [0.5, 0.6) is 11.5 Å². The molecule has 0 aliphatic carbocycles. The van der Waals surface area contributed by atoms with Crippen LogP contribution in [-0.4, -0.2) is 49.6 Å². The number of likely N-dealkylation sites (tertiary alicyclic amines) is 1. The monoisotopic (exact) mass is 414 g/mol. The maximum atomic E-state index is 12.6. The van der Waals surface area contributed by atoms with Crippen molar-refractivity contribution in [3.8, 4) is 11.5 Å². The molecule has 1 fully saturated rings. The lowest BCUT2D eigenvalue weighted by Crippen LogP contribution is -2.45. The van der Waals surface area contributed by atoms with Crippen molar-refractivity contribution in [1.29, 1.82) is 0 Å². The van der Waals surface area contributed by atoms with Gasteiger partial charge < -0.3 is 24.1 Å². The Bertz CT molecular complexity index is 834. The first kappa shape index (κ1) is 21.7. The lowest BCUT2D eigenvalue weighted by molar-refractivity contribution is -0.126. The Morgan fingerprint density at radius 3 is 2.70 bits per heavy atom. The van der Waals surface area contributed by atoms with Crippen molar-refractivity contribution < 1.29 is 23.5 Å². The van der Waals surface area contributed by atoms with Crippen molar-refractivity contribution in [3.63, 3.8) is 0 Å². The van der Waals surface area contributed by atoms with Gasteiger partial charge in [0.2, 0.25) is 5.91 Å². The number of hydrogen-bond acceptors (Lipinski definition) is 5. The molecule has 0 saturated carbocycles. The van der Waals surface area contributed by atoms with E-state index in [0.717, 1.165) is 29.9 Å². The first-order chi connectivity index (χ1) is 14.6. The van der Waals surface area contributed by atoms with Gasteiger partial charge in [-0.25, -0.2) is 0 Å². The second kappa shape index (κ2) is 10.7. The molecule has 2 heterocycles. The molecule has 2 aromatic rings. The Morgan fingerprint density at radius 2 is 1.97 bits per heavy atom. The number of nitrogens with zero attached hydrogens (tertiary/aromatic N) is 1. The summed E-state index contributed by atoms with van der Waals surface area (Å²) in [5.41, 5.74) is 1.60. The SMILES string of the molecule is CCOc1ccc(CCNC(=O)C2CCCN(C(=O)c3ccoc3)C2)cc1OCC. The Labute approximate surface area is 177 Å². The second-order valence-electron chi connectivity index (χ2n) is 7.29. The molecule has 1 atom stereocenters. The zero-order valence-corrected chi connectivity index (χ0v) is 17.7. The number of carbonyl (C=O) groups is 2. The highest BCUT2D eigenvalue weighted by Gasteiger charge is 2.29. The van der Waals surface area contributed by atoms with E-state index < -0.39 is 0 Å². The zero-order valence-electron chi connectivity index (χ0n) is 17.7. The summed E-state index contributed by atoms with van der Waals surface area (Å²) in [7, 11) is 0. The summed E-state index contributed by atoms with van der Waals surface area (Å²) < 4.78 is 16.2. The maximum absolute atomic E-state index is 12.6. The number of ether oxygens (including phenoxy) is 2. The van der Waals surface area contributed by atoms with Crippen LogP contribution in [0.15, 0.2) is 41.2 Å². The summed E-state index contributed by atoms with van der Waals surface area (Å²) in [4.78, 5) is 26.9. The minimum atomic E-state index is -0.186. The smallest absolute Gasteiger partial charge is 0.257 e. The molecule has 0 radical (unpaired) electrons. The number of amides is 2. The van der Waals surface area contributed by atoms with Gasteiger partial charge in [0.15, 0.2) is 11.5 Å². The van der Waals surface area contributed by atoms with Crippen molar-refractivity contribution >= 4 is 11.8 Å². The molecule has 1 aromatic carbocycles. The van der Waals surface area contributed by atoms with Crippen molar-refractivity contribution in [1.82, 2.24) is 10.2 Å². The van der Waals surface area contributed by atoms with E-state index >= 15 is 0 Å². The van der Waals surface area contributed by atoms with Crippen LogP contribution < -0.4 is 14.8 Å². The van der Waals surface area contributed by atoms with Crippen molar-refractivity contribution in [2.24, 2.45) is 5.92 Å². The molecule has 1 aliphatic rings. The van der Waals surface area contributed by atoms with Crippen molar-refractivity contribution in [3.05, 3.63) is 47.9 Å². The average molecular weight is 415 g/mol. The van der Waals surface area contributed by atoms with Crippen molar-refractivity contribution in [2.45, 2.75) is 33.1 Å². The molecule has 3 rings (SSSR count). The van der Waals surface area contributed by atoms with Crippen LogP contribution in [0.1, 0.15) is 42.6 Å². The fraction of sp³-hybridized carbons (Fsp3) is 0.478. The molecule has 30 heavy (non-hydrogen) atoms. The average Bonchev–Trinajstić information content (AvgIpc) is 3.30. The van der Waals surface area contributed by atoms with E-state index in [1.807, 2.05) is 32.0 Å². The fourth-order valence-corrected chi connectivity index (χ4v) is 3.67. The first-order valence-electron chi connectivity index (χ1n) is 10.6. The van der Waals surface area contributed by atoms with Crippen LogP contribution in [0.4, 0.5) is 0 Å². The minimum Gasteiger partial charge on any atom is -0.490 e. The molecule has 1 N–H and O–H groups in total. The lowest BCUT2D eigenvalue weighted by atomic mass is 9.96. The number of benzene rings is 1. The molecule has 1 aliphatic heterocycles. The number of rotatable bonds is 9. The molecule has 1 aromatic heterocycles. The molecule has 1 saturated heterocycles. The summed E-state index contributed by atoms with van der Waals surface area (Å²) in [6.45, 7) is 6.66. The zero-order chi connectivity index (χ0) is 21.3. The van der Waals surface area contributed by atoms with Gasteiger partial charge in [-0.05, 0) is 56.9 Å². The van der Waals surface area contributed by atoms with Crippen LogP contribution in [0, 0.1) is 5.92 Å². The fourth-order valence-electron chi connectivity index (χ4n) is 3.67. The molecule has 0 bridgehead atoms. The molecule has 7 heteroatoms. The van der Waals surface area contributed by atoms with Gasteiger partial charge in [0.1, 0.15) is 6.26 Å². The normalized spacial score (nSPS) is 16.2. The Balaban J connectivity index is 1.50. The maximum Gasteiger partial charge on any atom is 0.257 e. The van der Waals surface area contributed by atoms with Crippen molar-refractivity contribution in [2.75, 3.05) is 32.8 Å². The van der Waals surface area contributed by atoms with E-state index in [9.17, 15) is 9.59 Å². The third-order valence-electron chi connectivity index (χ3n) is 5.17. The van der Waals surface area contributed by atoms with Crippen LogP contribution in [-0.2, 0) is 11.2 Å². The molecular weight excluding hydrogens is 384 g/mol. The van der Waals surface area contributed by atoms with Gasteiger partial charge in [-0.2, -0.15) is 0 Å². The predicted molar refractivity (Wildman–Crippen MR) is 113 cm³/mol. The molecule has 162 valence electrons. The van der Waals surface area contributed by atoms with E-state index in [1.165, 1.54) is 12.5 Å². The Morgan fingerprint density at radius 1 is 1.17 bits per heavy atom. The van der Waals surface area contributed by atoms with E-state index in [0.29, 0.717) is 44.8 Å². The van der Waals surface area contributed by atoms with E-state index in [1.54, 1.807) is 11.0 Å². The van der Waals surface area contributed by atoms with Gasteiger partial charge in [-0.1, -0.05) is 6.07 Å². The molecular formula is C23H30N2O5. The number of carbonyl (C=O) groups excluding carboxylic acids is 2. The largest absolute Gasteiger partial charge is 0.490 e. The summed E-state index contributed by atoms with van der Waals surface area (Å²) in [6.07, 6.45) is 5.23. The molecule has 7 nitrogen and oxygen atoms in total. The van der Waals surface area contributed by atoms with Crippen LogP contribution in [0.2, 0.25) is 0 Å². The number of furan rings is 1. The molecule has 1 unspecified atom stereocenters. The highest BCUT2D eigenvalue weighted by molar-refractivity contribution is 5.94. The van der Waals surface area contributed by atoms with Gasteiger partial charge in [-0.3, -0.25) is 9.59 Å². The minimum absolute atomic E-state index is 0.00402. The van der Waals surface area contributed by atoms with E-state index in [-0.39, 0.29) is 17.7 Å². The van der Waals surface area contributed by atoms with Crippen LogP contribution in [0.3, 0.4) is 0 Å². The number of hydrogen-bond donors (Lipinski definition) is 1. The summed E-state index contributed by atoms with van der Waals surface area (Å²) in [6, 6.07) is 7.52. The first-order valence-corrected chi connectivity index (χ1v) is 10.6. The number of piperidine rings is 1. The molecule has 2 amide bonds. The van der Waals surface area contributed by atoms with Gasteiger partial charge in [0.05, 0.1) is 31.0 Å². The van der Waals surface area contributed by atoms with E-state index in [2.05, 4.69) is 5.32 Å². The van der Waals surface area contributed by atoms with Crippen LogP contribution in [0.25, 0.3) is 0 Å². The van der Waals surface area contributed by atoms with E-state index in [4.69, 9.17) is 13.9 Å². The van der Waals surface area contributed by atoms with Crippen LogP contribution >= 0.6 is 0 Å². The summed E-state index contributed by atoms with van der Waals surface area (Å²) >= 11 is 0. The van der Waals surface area contributed by atoms with Gasteiger partial charge in [-0.15, -0.1) is 0 Å². The third-order valence-corrected chi connectivity index (χ3v) is 5.17. The standard InChI is InChI=1S/C23H30N2O5/c1-3-29-20-8-7-17(14-21(20)30-4-2)9-11-24-22(26)18-6-5-12-25(15-18)23(27)19-10-13-28-16-19/h7-8,10,13-14,16,18H,3-6,9,11-12,15H2,1-2H3,(H,24,26). The number of nitrogens with one attached hydrogen (secondary N) is 1. The quantitative estimate of drug-likeness (QED) is 0.681. The highest BCUT2D eigenvalue weighted by Crippen LogP contribution is 2.28. The highest BCUT2D eigenvalue weighted by atomic mass is 16.5. The van der Waals surface area contributed by atoms with Gasteiger partial charge in [0, 0.05) is 19.6 Å². The topological polar surface area (TPSA) is 81.0 Å². The summed E-state index contributed by atoms with van der Waals surface area (Å²) in [5.74, 6) is 1.18. The van der Waals surface area contributed by atoms with Gasteiger partial charge >= 0.3 is 0 Å². The van der Waals surface area contributed by atoms with Gasteiger partial charge in [0.25, 0.3) is 5.91 Å². The third kappa shape index (κ3) is 5.55.